The van der Waals surface area contributed by atoms with Crippen LogP contribution < -0.4 is 5.32 Å². The van der Waals surface area contributed by atoms with E-state index in [4.69, 9.17) is 16.3 Å². The minimum atomic E-state index is -0.149. The maximum Gasteiger partial charge on any atom is 0.305 e. The Hall–Kier alpha value is -1.92. The van der Waals surface area contributed by atoms with Crippen molar-refractivity contribution >= 4 is 39.8 Å². The van der Waals surface area contributed by atoms with Crippen LogP contribution >= 0.6 is 22.9 Å². The van der Waals surface area contributed by atoms with E-state index in [-0.39, 0.29) is 11.8 Å². The summed E-state index contributed by atoms with van der Waals surface area (Å²) in [6.07, 6.45) is 4.55. The highest BCUT2D eigenvalue weighted by Crippen LogP contribution is 2.24. The SMILES string of the molecule is CCCCC(=O)OCCCNc1ncc(C(=O)c2ccccc2Cl)s1. The van der Waals surface area contributed by atoms with Crippen LogP contribution in [0.25, 0.3) is 0 Å². The number of benzene rings is 1. The highest BCUT2D eigenvalue weighted by atomic mass is 35.5. The van der Waals surface area contributed by atoms with Gasteiger partial charge in [0.25, 0.3) is 0 Å². The second-order valence-electron chi connectivity index (χ2n) is 5.44. The molecule has 1 aromatic heterocycles. The molecule has 1 N–H and O–H groups in total. The molecule has 0 saturated carbocycles. The lowest BCUT2D eigenvalue weighted by Crippen LogP contribution is -2.09. The smallest absolute Gasteiger partial charge is 0.305 e. The van der Waals surface area contributed by atoms with Crippen LogP contribution in [0.2, 0.25) is 5.02 Å². The molecule has 0 radical (unpaired) electrons. The molecule has 1 aromatic carbocycles. The predicted octanol–water partition coefficient (Wildman–Crippen LogP) is 4.56. The van der Waals surface area contributed by atoms with Crippen molar-refractivity contribution in [1.29, 1.82) is 0 Å². The van der Waals surface area contributed by atoms with Crippen LogP contribution in [0.1, 0.15) is 47.8 Å². The van der Waals surface area contributed by atoms with Gasteiger partial charge < -0.3 is 10.1 Å². The third kappa shape index (κ3) is 6.14. The molecule has 0 fully saturated rings. The van der Waals surface area contributed by atoms with E-state index in [0.717, 1.165) is 12.8 Å². The first-order valence-corrected chi connectivity index (χ1v) is 9.45. The quantitative estimate of drug-likeness (QED) is 0.371. The Bertz CT molecular complexity index is 718. The van der Waals surface area contributed by atoms with Crippen molar-refractivity contribution in [3.63, 3.8) is 0 Å². The molecular weight excluding hydrogens is 360 g/mol. The van der Waals surface area contributed by atoms with Crippen molar-refractivity contribution in [2.75, 3.05) is 18.5 Å². The van der Waals surface area contributed by atoms with E-state index in [9.17, 15) is 9.59 Å². The average Bonchev–Trinajstić information content (AvgIpc) is 3.08. The molecule has 7 heteroatoms. The van der Waals surface area contributed by atoms with E-state index in [0.29, 0.717) is 46.6 Å². The van der Waals surface area contributed by atoms with Crippen molar-refractivity contribution in [2.24, 2.45) is 0 Å². The van der Waals surface area contributed by atoms with E-state index < -0.39 is 0 Å². The van der Waals surface area contributed by atoms with Crippen LogP contribution in [0, 0.1) is 0 Å². The standard InChI is InChI=1S/C18H21ClN2O3S/c1-2-3-9-16(22)24-11-6-10-20-18-21-12-15(25-18)17(23)13-7-4-5-8-14(13)19/h4-5,7-8,12H,2-3,6,9-11H2,1H3,(H,20,21). The molecule has 0 saturated heterocycles. The molecule has 0 aliphatic carbocycles. The molecule has 2 rings (SSSR count). The molecule has 1 heterocycles. The first kappa shape index (κ1) is 19.4. The molecule has 0 atom stereocenters. The van der Waals surface area contributed by atoms with E-state index in [1.54, 1.807) is 30.5 Å². The molecule has 0 unspecified atom stereocenters. The highest BCUT2D eigenvalue weighted by molar-refractivity contribution is 7.17. The monoisotopic (exact) mass is 380 g/mol. The number of ether oxygens (including phenoxy) is 1. The fourth-order valence-electron chi connectivity index (χ4n) is 2.09. The van der Waals surface area contributed by atoms with Crippen LogP contribution in [-0.2, 0) is 9.53 Å². The lowest BCUT2D eigenvalue weighted by molar-refractivity contribution is -0.143. The number of aromatic nitrogens is 1. The van der Waals surface area contributed by atoms with Gasteiger partial charge in [-0.2, -0.15) is 0 Å². The number of halogens is 1. The van der Waals surface area contributed by atoms with Crippen molar-refractivity contribution in [3.8, 4) is 0 Å². The Balaban J connectivity index is 1.75. The Labute approximate surface area is 156 Å². The Morgan fingerprint density at radius 2 is 2.08 bits per heavy atom. The number of rotatable bonds is 10. The minimum absolute atomic E-state index is 0.138. The summed E-state index contributed by atoms with van der Waals surface area (Å²) >= 11 is 7.34. The summed E-state index contributed by atoms with van der Waals surface area (Å²) in [6.45, 7) is 3.04. The number of hydrogen-bond acceptors (Lipinski definition) is 6. The number of hydrogen-bond donors (Lipinski definition) is 1. The van der Waals surface area contributed by atoms with Crippen LogP contribution in [0.5, 0.6) is 0 Å². The number of thiazole rings is 1. The molecule has 5 nitrogen and oxygen atoms in total. The molecule has 0 bridgehead atoms. The topological polar surface area (TPSA) is 68.3 Å². The van der Waals surface area contributed by atoms with Gasteiger partial charge in [-0.05, 0) is 25.0 Å². The van der Waals surface area contributed by atoms with Gasteiger partial charge in [-0.25, -0.2) is 4.98 Å². The predicted molar refractivity (Wildman–Crippen MR) is 101 cm³/mol. The first-order chi connectivity index (χ1) is 12.1. The third-order valence-electron chi connectivity index (χ3n) is 3.44. The Morgan fingerprint density at radius 3 is 2.84 bits per heavy atom. The Kier molecular flexibility index (Phi) is 7.88. The first-order valence-electron chi connectivity index (χ1n) is 8.26. The summed E-state index contributed by atoms with van der Waals surface area (Å²) in [5.41, 5.74) is 0.471. The van der Waals surface area contributed by atoms with Gasteiger partial charge in [-0.1, -0.05) is 48.4 Å². The minimum Gasteiger partial charge on any atom is -0.466 e. The highest BCUT2D eigenvalue weighted by Gasteiger charge is 2.15. The van der Waals surface area contributed by atoms with E-state index >= 15 is 0 Å². The lowest BCUT2D eigenvalue weighted by atomic mass is 10.1. The number of unbranched alkanes of at least 4 members (excludes halogenated alkanes) is 1. The van der Waals surface area contributed by atoms with Gasteiger partial charge in [-0.15, -0.1) is 0 Å². The van der Waals surface area contributed by atoms with Crippen molar-refractivity contribution < 1.29 is 14.3 Å². The van der Waals surface area contributed by atoms with Crippen molar-refractivity contribution in [1.82, 2.24) is 4.98 Å². The maximum absolute atomic E-state index is 12.4. The molecule has 25 heavy (non-hydrogen) atoms. The molecule has 0 amide bonds. The van der Waals surface area contributed by atoms with Crippen LogP contribution in [0.4, 0.5) is 5.13 Å². The largest absolute Gasteiger partial charge is 0.466 e. The van der Waals surface area contributed by atoms with Gasteiger partial charge >= 0.3 is 5.97 Å². The van der Waals surface area contributed by atoms with Gasteiger partial charge in [0.2, 0.25) is 5.78 Å². The number of nitrogens with zero attached hydrogens (tertiary/aromatic N) is 1. The fraction of sp³-hybridized carbons (Fsp3) is 0.389. The molecular formula is C18H21ClN2O3S. The second kappa shape index (κ2) is 10.2. The summed E-state index contributed by atoms with van der Waals surface area (Å²) in [4.78, 5) is 28.5. The van der Waals surface area contributed by atoms with E-state index in [1.807, 2.05) is 6.92 Å². The van der Waals surface area contributed by atoms with E-state index in [2.05, 4.69) is 10.3 Å². The van der Waals surface area contributed by atoms with Gasteiger partial charge in [-0.3, -0.25) is 9.59 Å². The number of esters is 1. The van der Waals surface area contributed by atoms with Crippen molar-refractivity contribution in [2.45, 2.75) is 32.6 Å². The summed E-state index contributed by atoms with van der Waals surface area (Å²) in [5, 5.41) is 4.22. The summed E-state index contributed by atoms with van der Waals surface area (Å²) < 4.78 is 5.13. The third-order valence-corrected chi connectivity index (χ3v) is 4.73. The normalized spacial score (nSPS) is 10.5. The zero-order valence-corrected chi connectivity index (χ0v) is 15.7. The summed E-state index contributed by atoms with van der Waals surface area (Å²) in [7, 11) is 0. The van der Waals surface area contributed by atoms with Gasteiger partial charge in [0.15, 0.2) is 5.13 Å². The van der Waals surface area contributed by atoms with Gasteiger partial charge in [0, 0.05) is 18.5 Å². The zero-order valence-electron chi connectivity index (χ0n) is 14.1. The van der Waals surface area contributed by atoms with E-state index in [1.165, 1.54) is 11.3 Å². The summed E-state index contributed by atoms with van der Waals surface area (Å²) in [6, 6.07) is 6.95. The van der Waals surface area contributed by atoms with Crippen LogP contribution in [-0.4, -0.2) is 29.9 Å². The molecule has 0 spiro atoms. The fourth-order valence-corrected chi connectivity index (χ4v) is 3.10. The van der Waals surface area contributed by atoms with Gasteiger partial charge in [0.1, 0.15) is 0 Å². The maximum atomic E-state index is 12.4. The molecule has 2 aromatic rings. The molecule has 134 valence electrons. The number of anilines is 1. The number of carbonyl (C=O) groups excluding carboxylic acids is 2. The average molecular weight is 381 g/mol. The number of carbonyl (C=O) groups is 2. The van der Waals surface area contributed by atoms with Crippen molar-refractivity contribution in [3.05, 3.63) is 45.9 Å². The second-order valence-corrected chi connectivity index (χ2v) is 6.88. The molecule has 0 aliphatic heterocycles. The lowest BCUT2D eigenvalue weighted by Gasteiger charge is -2.05. The number of nitrogens with one attached hydrogen (secondary N) is 1. The molecule has 0 aliphatic rings. The number of ketones is 1. The van der Waals surface area contributed by atoms with Gasteiger partial charge in [0.05, 0.1) is 22.7 Å². The summed E-state index contributed by atoms with van der Waals surface area (Å²) in [5.74, 6) is -0.287. The zero-order chi connectivity index (χ0) is 18.1. The van der Waals surface area contributed by atoms with Crippen LogP contribution in [0.3, 0.4) is 0 Å². The Morgan fingerprint density at radius 1 is 1.28 bits per heavy atom. The van der Waals surface area contributed by atoms with Crippen LogP contribution in [0.15, 0.2) is 30.5 Å².